The summed E-state index contributed by atoms with van der Waals surface area (Å²) in [5.74, 6) is -1.13. The molecule has 0 spiro atoms. The molecular formula is C32H25FN2O4. The molecule has 0 aliphatic rings. The molecule has 4 aromatic rings. The number of halogens is 1. The van der Waals surface area contributed by atoms with Gasteiger partial charge in [-0.3, -0.25) is 14.4 Å². The van der Waals surface area contributed by atoms with E-state index >= 15 is 0 Å². The quantitative estimate of drug-likeness (QED) is 0.205. The van der Waals surface area contributed by atoms with Gasteiger partial charge < -0.3 is 15.4 Å². The van der Waals surface area contributed by atoms with E-state index in [9.17, 15) is 18.8 Å². The summed E-state index contributed by atoms with van der Waals surface area (Å²) >= 11 is 0. The van der Waals surface area contributed by atoms with E-state index in [4.69, 9.17) is 4.74 Å². The van der Waals surface area contributed by atoms with Crippen LogP contribution in [-0.2, 0) is 4.79 Å². The first-order chi connectivity index (χ1) is 18.9. The first kappa shape index (κ1) is 26.8. The number of rotatable bonds is 9. The van der Waals surface area contributed by atoms with E-state index in [1.165, 1.54) is 25.3 Å². The molecule has 0 radical (unpaired) electrons. The fraction of sp³-hybridized carbons (Fsp3) is 0.0312. The molecule has 0 unspecified atom stereocenters. The van der Waals surface area contributed by atoms with Crippen LogP contribution in [0.4, 0.5) is 10.1 Å². The molecule has 0 atom stereocenters. The van der Waals surface area contributed by atoms with Crippen molar-refractivity contribution in [3.63, 3.8) is 0 Å². The number of nitrogens with one attached hydrogen (secondary N) is 2. The second-order valence-electron chi connectivity index (χ2n) is 8.41. The SMILES string of the molecule is COc1cccc(/C=C(\NC(=O)c2ccccc2)C(=O)Nc2ccc(C(=O)/C=C/c3ccccc3F)cc2)c1. The van der Waals surface area contributed by atoms with Gasteiger partial charge in [0.25, 0.3) is 11.8 Å². The van der Waals surface area contributed by atoms with Crippen molar-refractivity contribution in [2.75, 3.05) is 12.4 Å². The average molecular weight is 521 g/mol. The Hall–Kier alpha value is -5.30. The fourth-order valence-electron chi connectivity index (χ4n) is 3.63. The summed E-state index contributed by atoms with van der Waals surface area (Å²) in [6.07, 6.45) is 4.25. The van der Waals surface area contributed by atoms with Gasteiger partial charge in [-0.05, 0) is 78.4 Å². The molecule has 0 heterocycles. The van der Waals surface area contributed by atoms with Crippen molar-refractivity contribution in [1.29, 1.82) is 0 Å². The van der Waals surface area contributed by atoms with Gasteiger partial charge in [0.15, 0.2) is 5.78 Å². The maximum Gasteiger partial charge on any atom is 0.272 e. The van der Waals surface area contributed by atoms with Crippen LogP contribution in [0.1, 0.15) is 31.8 Å². The highest BCUT2D eigenvalue weighted by atomic mass is 19.1. The predicted octanol–water partition coefficient (Wildman–Crippen LogP) is 6.14. The standard InChI is InChI=1S/C32H25FN2O4/c1-39-27-12-7-8-22(20-27)21-29(35-31(37)25-10-3-2-4-11-25)32(38)34-26-17-14-24(15-18-26)30(36)19-16-23-9-5-6-13-28(23)33/h2-21H,1H3,(H,34,38)(H,35,37)/b19-16+,29-21-. The zero-order chi connectivity index (χ0) is 27.6. The molecular weight excluding hydrogens is 495 g/mol. The molecule has 0 aromatic heterocycles. The number of methoxy groups -OCH3 is 1. The second-order valence-corrected chi connectivity index (χ2v) is 8.41. The Morgan fingerprint density at radius 3 is 2.23 bits per heavy atom. The number of allylic oxidation sites excluding steroid dienone is 1. The molecule has 7 heteroatoms. The van der Waals surface area contributed by atoms with Crippen LogP contribution < -0.4 is 15.4 Å². The molecule has 2 amide bonds. The molecule has 0 saturated carbocycles. The summed E-state index contributed by atoms with van der Waals surface area (Å²) in [5.41, 5.74) is 2.15. The van der Waals surface area contributed by atoms with E-state index in [0.717, 1.165) is 0 Å². The number of ether oxygens (including phenoxy) is 1. The number of benzene rings is 4. The molecule has 0 saturated heterocycles. The zero-order valence-electron chi connectivity index (χ0n) is 21.1. The third-order valence-electron chi connectivity index (χ3n) is 5.68. The first-order valence-corrected chi connectivity index (χ1v) is 12.0. The number of hydrogen-bond acceptors (Lipinski definition) is 4. The van der Waals surface area contributed by atoms with E-state index in [1.807, 2.05) is 0 Å². The molecule has 4 aromatic carbocycles. The average Bonchev–Trinajstić information content (AvgIpc) is 2.97. The minimum atomic E-state index is -0.555. The van der Waals surface area contributed by atoms with E-state index in [0.29, 0.717) is 33.7 Å². The molecule has 2 N–H and O–H groups in total. The van der Waals surface area contributed by atoms with Crippen LogP contribution in [0.3, 0.4) is 0 Å². The van der Waals surface area contributed by atoms with Gasteiger partial charge in [-0.25, -0.2) is 4.39 Å². The lowest BCUT2D eigenvalue weighted by Gasteiger charge is -2.12. The van der Waals surface area contributed by atoms with E-state index < -0.39 is 17.6 Å². The number of ketones is 1. The summed E-state index contributed by atoms with van der Waals surface area (Å²) < 4.78 is 19.0. The van der Waals surface area contributed by atoms with Gasteiger partial charge in [-0.1, -0.05) is 48.5 Å². The Morgan fingerprint density at radius 2 is 1.51 bits per heavy atom. The van der Waals surface area contributed by atoms with Gasteiger partial charge >= 0.3 is 0 Å². The highest BCUT2D eigenvalue weighted by Crippen LogP contribution is 2.17. The van der Waals surface area contributed by atoms with E-state index in [1.54, 1.807) is 103 Å². The van der Waals surface area contributed by atoms with E-state index in [2.05, 4.69) is 10.6 Å². The van der Waals surface area contributed by atoms with Crippen molar-refractivity contribution in [2.45, 2.75) is 0 Å². The maximum absolute atomic E-state index is 13.8. The monoisotopic (exact) mass is 520 g/mol. The molecule has 39 heavy (non-hydrogen) atoms. The summed E-state index contributed by atoms with van der Waals surface area (Å²) in [4.78, 5) is 38.5. The van der Waals surface area contributed by atoms with Crippen molar-refractivity contribution in [3.8, 4) is 5.75 Å². The second kappa shape index (κ2) is 12.8. The topological polar surface area (TPSA) is 84.5 Å². The smallest absolute Gasteiger partial charge is 0.272 e. The molecule has 4 rings (SSSR count). The molecule has 0 bridgehead atoms. The summed E-state index contributed by atoms with van der Waals surface area (Å²) in [7, 11) is 1.54. The third kappa shape index (κ3) is 7.36. The van der Waals surface area contributed by atoms with Crippen LogP contribution in [0, 0.1) is 5.82 Å². The molecule has 0 fully saturated rings. The Bertz CT molecular complexity index is 1540. The summed E-state index contributed by atoms with van der Waals surface area (Å²) in [5, 5.41) is 5.43. The van der Waals surface area contributed by atoms with Gasteiger partial charge in [0, 0.05) is 22.4 Å². The molecule has 0 aliphatic carbocycles. The van der Waals surface area contributed by atoms with Crippen LogP contribution in [-0.4, -0.2) is 24.7 Å². The predicted molar refractivity (Wildman–Crippen MR) is 150 cm³/mol. The summed E-state index contributed by atoms with van der Waals surface area (Å²) in [6.45, 7) is 0. The maximum atomic E-state index is 13.8. The number of carbonyl (C=O) groups excluding carboxylic acids is 3. The number of anilines is 1. The highest BCUT2D eigenvalue weighted by molar-refractivity contribution is 6.11. The van der Waals surface area contributed by atoms with Crippen molar-refractivity contribution in [1.82, 2.24) is 5.32 Å². The Kier molecular flexibility index (Phi) is 8.77. The van der Waals surface area contributed by atoms with Crippen molar-refractivity contribution < 1.29 is 23.5 Å². The van der Waals surface area contributed by atoms with Gasteiger partial charge in [-0.15, -0.1) is 0 Å². The van der Waals surface area contributed by atoms with Gasteiger partial charge in [0.2, 0.25) is 0 Å². The molecule has 6 nitrogen and oxygen atoms in total. The summed E-state index contributed by atoms with van der Waals surface area (Å²) in [6, 6.07) is 28.0. The third-order valence-corrected chi connectivity index (χ3v) is 5.68. The fourth-order valence-corrected chi connectivity index (χ4v) is 3.63. The molecule has 0 aliphatic heterocycles. The van der Waals surface area contributed by atoms with Gasteiger partial charge in [-0.2, -0.15) is 0 Å². The van der Waals surface area contributed by atoms with Crippen LogP contribution in [0.5, 0.6) is 5.75 Å². The minimum Gasteiger partial charge on any atom is -0.497 e. The number of amides is 2. The van der Waals surface area contributed by atoms with Crippen LogP contribution in [0.15, 0.2) is 115 Å². The van der Waals surface area contributed by atoms with Crippen molar-refractivity contribution in [2.24, 2.45) is 0 Å². The zero-order valence-corrected chi connectivity index (χ0v) is 21.1. The largest absolute Gasteiger partial charge is 0.497 e. The van der Waals surface area contributed by atoms with Crippen LogP contribution >= 0.6 is 0 Å². The molecule has 194 valence electrons. The van der Waals surface area contributed by atoms with Crippen LogP contribution in [0.2, 0.25) is 0 Å². The Morgan fingerprint density at radius 1 is 0.795 bits per heavy atom. The van der Waals surface area contributed by atoms with E-state index in [-0.39, 0.29) is 11.5 Å². The highest BCUT2D eigenvalue weighted by Gasteiger charge is 2.15. The normalized spacial score (nSPS) is 11.2. The first-order valence-electron chi connectivity index (χ1n) is 12.0. The van der Waals surface area contributed by atoms with Gasteiger partial charge in [0.05, 0.1) is 7.11 Å². The lowest BCUT2D eigenvalue weighted by molar-refractivity contribution is -0.113. The Labute approximate surface area is 225 Å². The minimum absolute atomic E-state index is 0.0186. The lowest BCUT2D eigenvalue weighted by atomic mass is 10.1. The number of carbonyl (C=O) groups is 3. The number of hydrogen-bond donors (Lipinski definition) is 2. The lowest BCUT2D eigenvalue weighted by Crippen LogP contribution is -2.30. The van der Waals surface area contributed by atoms with Crippen molar-refractivity contribution >= 4 is 35.4 Å². The van der Waals surface area contributed by atoms with Gasteiger partial charge in [0.1, 0.15) is 17.3 Å². The Balaban J connectivity index is 1.51. The van der Waals surface area contributed by atoms with Crippen LogP contribution in [0.25, 0.3) is 12.2 Å². The van der Waals surface area contributed by atoms with Crippen molar-refractivity contribution in [3.05, 3.63) is 143 Å².